The summed E-state index contributed by atoms with van der Waals surface area (Å²) in [4.78, 5) is 11.8. The molecule has 1 aromatic carbocycles. The lowest BCUT2D eigenvalue weighted by molar-refractivity contribution is -0.137. The molecule has 112 valence electrons. The maximum absolute atomic E-state index is 12.8. The number of alkyl halides is 3. The molecular formula is C13H16F3NO3. The molecule has 0 aromatic heterocycles. The molecule has 0 heterocycles. The highest BCUT2D eigenvalue weighted by Crippen LogP contribution is 2.31. The first-order valence-corrected chi connectivity index (χ1v) is 5.83. The van der Waals surface area contributed by atoms with Crippen LogP contribution in [-0.2, 0) is 10.9 Å². The second-order valence-corrected chi connectivity index (χ2v) is 4.66. The van der Waals surface area contributed by atoms with E-state index in [2.05, 4.69) is 5.32 Å². The van der Waals surface area contributed by atoms with Crippen molar-refractivity contribution in [3.8, 4) is 0 Å². The Morgan fingerprint density at radius 2 is 1.95 bits per heavy atom. The number of halogens is 3. The first-order valence-electron chi connectivity index (χ1n) is 5.83. The highest BCUT2D eigenvalue weighted by molar-refractivity contribution is 5.95. The Morgan fingerprint density at radius 1 is 1.35 bits per heavy atom. The normalized spacial score (nSPS) is 14.7. The molecule has 20 heavy (non-hydrogen) atoms. The molecule has 0 aliphatic heterocycles. The Hall–Kier alpha value is -1.60. The zero-order valence-electron chi connectivity index (χ0n) is 11.1. The van der Waals surface area contributed by atoms with E-state index in [1.165, 1.54) is 26.2 Å². The molecule has 0 spiro atoms. The van der Waals surface area contributed by atoms with Crippen LogP contribution in [0.3, 0.4) is 0 Å². The minimum absolute atomic E-state index is 0.0474. The van der Waals surface area contributed by atoms with Crippen LogP contribution in [0.1, 0.15) is 22.8 Å². The number of methoxy groups -OCH3 is 1. The summed E-state index contributed by atoms with van der Waals surface area (Å²) in [6.07, 6.45) is -4.61. The molecule has 4 nitrogen and oxygen atoms in total. The fraction of sp³-hybridized carbons (Fsp3) is 0.462. The van der Waals surface area contributed by atoms with E-state index in [0.29, 0.717) is 0 Å². The molecule has 0 radical (unpaired) electrons. The average Bonchev–Trinajstić information content (AvgIpc) is 2.35. The molecule has 1 amide bonds. The van der Waals surface area contributed by atoms with E-state index >= 15 is 0 Å². The molecule has 7 heteroatoms. The number of benzene rings is 1. The predicted octanol–water partition coefficient (Wildman–Crippen LogP) is 1.83. The second kappa shape index (κ2) is 6.23. The molecular weight excluding hydrogens is 275 g/mol. The molecule has 0 bridgehead atoms. The van der Waals surface area contributed by atoms with Gasteiger partial charge in [-0.3, -0.25) is 4.79 Å². The van der Waals surface area contributed by atoms with Gasteiger partial charge in [-0.2, -0.15) is 13.2 Å². The summed E-state index contributed by atoms with van der Waals surface area (Å²) in [6.45, 7) is 1.15. The fourth-order valence-electron chi connectivity index (χ4n) is 1.66. The van der Waals surface area contributed by atoms with Crippen molar-refractivity contribution in [2.45, 2.75) is 18.7 Å². The third kappa shape index (κ3) is 4.50. The molecule has 2 N–H and O–H groups in total. The zero-order chi connectivity index (χ0) is 15.4. The van der Waals surface area contributed by atoms with Crippen LogP contribution < -0.4 is 5.32 Å². The van der Waals surface area contributed by atoms with Gasteiger partial charge in [-0.15, -0.1) is 0 Å². The fourth-order valence-corrected chi connectivity index (χ4v) is 1.66. The van der Waals surface area contributed by atoms with Gasteiger partial charge in [-0.1, -0.05) is 12.1 Å². The lowest BCUT2D eigenvalue weighted by atomic mass is 10.1. The van der Waals surface area contributed by atoms with Gasteiger partial charge < -0.3 is 15.2 Å². The Kier molecular flexibility index (Phi) is 5.13. The van der Waals surface area contributed by atoms with Crippen molar-refractivity contribution >= 4 is 5.91 Å². The van der Waals surface area contributed by atoms with Crippen molar-refractivity contribution < 1.29 is 27.8 Å². The summed E-state index contributed by atoms with van der Waals surface area (Å²) in [5.41, 5.74) is -2.84. The van der Waals surface area contributed by atoms with Gasteiger partial charge in [0.25, 0.3) is 5.91 Å². The lowest BCUT2D eigenvalue weighted by Gasteiger charge is -2.23. The maximum Gasteiger partial charge on any atom is 0.417 e. The number of ether oxygens (including phenoxy) is 1. The van der Waals surface area contributed by atoms with Gasteiger partial charge in [0.1, 0.15) is 5.60 Å². The minimum Gasteiger partial charge on any atom is -0.386 e. The van der Waals surface area contributed by atoms with Crippen molar-refractivity contribution in [1.29, 1.82) is 0 Å². The van der Waals surface area contributed by atoms with Crippen molar-refractivity contribution in [2.75, 3.05) is 20.3 Å². The monoisotopic (exact) mass is 291 g/mol. The predicted molar refractivity (Wildman–Crippen MR) is 66.3 cm³/mol. The molecule has 1 aromatic rings. The summed E-state index contributed by atoms with van der Waals surface area (Å²) in [7, 11) is 1.37. The number of nitrogens with one attached hydrogen (secondary N) is 1. The number of hydrogen-bond donors (Lipinski definition) is 2. The Balaban J connectivity index is 2.84. The van der Waals surface area contributed by atoms with Gasteiger partial charge in [0.05, 0.1) is 17.7 Å². The van der Waals surface area contributed by atoms with Gasteiger partial charge in [0, 0.05) is 13.7 Å². The van der Waals surface area contributed by atoms with E-state index in [0.717, 1.165) is 12.1 Å². The van der Waals surface area contributed by atoms with Crippen molar-refractivity contribution in [3.63, 3.8) is 0 Å². The highest BCUT2D eigenvalue weighted by atomic mass is 19.4. The Bertz CT molecular complexity index is 472. The summed E-state index contributed by atoms with van der Waals surface area (Å²) in [6, 6.07) is 4.48. The molecule has 0 aliphatic rings. The van der Waals surface area contributed by atoms with E-state index in [4.69, 9.17) is 4.74 Å². The first kappa shape index (κ1) is 16.5. The Morgan fingerprint density at radius 3 is 2.50 bits per heavy atom. The van der Waals surface area contributed by atoms with Crippen molar-refractivity contribution in [3.05, 3.63) is 35.4 Å². The minimum atomic E-state index is -4.61. The highest BCUT2D eigenvalue weighted by Gasteiger charge is 2.35. The summed E-state index contributed by atoms with van der Waals surface area (Å²) < 4.78 is 43.0. The molecule has 0 fully saturated rings. The topological polar surface area (TPSA) is 58.6 Å². The zero-order valence-corrected chi connectivity index (χ0v) is 11.1. The van der Waals surface area contributed by atoms with Crippen LogP contribution in [0.4, 0.5) is 13.2 Å². The van der Waals surface area contributed by atoms with Crippen molar-refractivity contribution in [2.24, 2.45) is 0 Å². The van der Waals surface area contributed by atoms with Crippen LogP contribution in [-0.4, -0.2) is 36.9 Å². The van der Waals surface area contributed by atoms with Crippen molar-refractivity contribution in [1.82, 2.24) is 5.32 Å². The van der Waals surface area contributed by atoms with E-state index in [9.17, 15) is 23.1 Å². The average molecular weight is 291 g/mol. The first-order chi connectivity index (χ1) is 9.17. The molecule has 0 saturated carbocycles. The number of carbonyl (C=O) groups is 1. The number of aliphatic hydroxyl groups is 1. The van der Waals surface area contributed by atoms with Crippen LogP contribution in [0.2, 0.25) is 0 Å². The van der Waals surface area contributed by atoms with Crippen LogP contribution in [0.15, 0.2) is 24.3 Å². The standard InChI is InChI=1S/C13H16F3NO3/c1-12(19,8-20-2)7-17-11(18)9-5-3-4-6-10(9)13(14,15)16/h3-6,19H,7-8H2,1-2H3,(H,17,18)/t12-/m0/s1. The summed E-state index contributed by atoms with van der Waals surface area (Å²) in [5, 5.41) is 12.0. The second-order valence-electron chi connectivity index (χ2n) is 4.66. The third-order valence-electron chi connectivity index (χ3n) is 2.56. The van der Waals surface area contributed by atoms with Crippen LogP contribution >= 0.6 is 0 Å². The Labute approximate surface area is 114 Å². The van der Waals surface area contributed by atoms with Crippen LogP contribution in [0.5, 0.6) is 0 Å². The number of hydrogen-bond acceptors (Lipinski definition) is 3. The van der Waals surface area contributed by atoms with E-state index < -0.39 is 28.8 Å². The molecule has 0 unspecified atom stereocenters. The number of rotatable bonds is 5. The molecule has 0 saturated heterocycles. The lowest BCUT2D eigenvalue weighted by Crippen LogP contribution is -2.44. The van der Waals surface area contributed by atoms with Gasteiger partial charge >= 0.3 is 6.18 Å². The number of amides is 1. The smallest absolute Gasteiger partial charge is 0.386 e. The largest absolute Gasteiger partial charge is 0.417 e. The van der Waals surface area contributed by atoms with Gasteiger partial charge in [-0.05, 0) is 19.1 Å². The SMILES string of the molecule is COC[C@@](C)(O)CNC(=O)c1ccccc1C(F)(F)F. The molecule has 1 rings (SSSR count). The number of carbonyl (C=O) groups excluding carboxylic acids is 1. The molecule has 1 atom stereocenters. The quantitative estimate of drug-likeness (QED) is 0.870. The van der Waals surface area contributed by atoms with Gasteiger partial charge in [0.2, 0.25) is 0 Å². The van der Waals surface area contributed by atoms with Gasteiger partial charge in [0.15, 0.2) is 0 Å². The summed E-state index contributed by atoms with van der Waals surface area (Å²) >= 11 is 0. The summed E-state index contributed by atoms with van der Waals surface area (Å²) in [5.74, 6) is -0.894. The van der Waals surface area contributed by atoms with Crippen LogP contribution in [0.25, 0.3) is 0 Å². The third-order valence-corrected chi connectivity index (χ3v) is 2.56. The van der Waals surface area contributed by atoms with Crippen LogP contribution in [0, 0.1) is 0 Å². The van der Waals surface area contributed by atoms with E-state index in [1.807, 2.05) is 0 Å². The molecule has 0 aliphatic carbocycles. The van der Waals surface area contributed by atoms with Gasteiger partial charge in [-0.25, -0.2) is 0 Å². The maximum atomic E-state index is 12.8. The van der Waals surface area contributed by atoms with E-state index in [1.54, 1.807) is 0 Å². The van der Waals surface area contributed by atoms with E-state index in [-0.39, 0.29) is 13.2 Å².